The molecule has 1 aliphatic rings. The smallest absolute Gasteiger partial charge is 0.126 e. The predicted octanol–water partition coefficient (Wildman–Crippen LogP) is 3.92. The van der Waals surface area contributed by atoms with Crippen LogP contribution in [0.25, 0.3) is 0 Å². The van der Waals surface area contributed by atoms with Crippen LogP contribution in [0.3, 0.4) is 0 Å². The Morgan fingerprint density at radius 3 is 2.82 bits per heavy atom. The Kier molecular flexibility index (Phi) is 3.53. The summed E-state index contributed by atoms with van der Waals surface area (Å²) in [7, 11) is 0. The fourth-order valence-corrected chi connectivity index (χ4v) is 3.06. The minimum atomic E-state index is -0.745. The molecule has 1 saturated carbocycles. The number of aryl methyl sites for hydroxylation is 1. The Labute approximate surface area is 103 Å². The van der Waals surface area contributed by atoms with E-state index in [-0.39, 0.29) is 5.82 Å². The van der Waals surface area contributed by atoms with E-state index in [1.807, 2.05) is 6.07 Å². The van der Waals surface area contributed by atoms with Gasteiger partial charge >= 0.3 is 0 Å². The van der Waals surface area contributed by atoms with E-state index in [1.165, 1.54) is 12.5 Å². The molecule has 1 aromatic rings. The summed E-state index contributed by atoms with van der Waals surface area (Å²) in [4.78, 5) is 0. The van der Waals surface area contributed by atoms with E-state index in [0.717, 1.165) is 31.2 Å². The van der Waals surface area contributed by atoms with Crippen LogP contribution in [0.5, 0.6) is 0 Å². The standard InChI is InChI=1S/C15H21FO/c1-3-12-6-4-5-9-15(12,17)13-7-8-14(16)11(2)10-13/h7-8,10,12,17H,3-6,9H2,1-2H3. The normalized spacial score (nSPS) is 29.3. The average molecular weight is 236 g/mol. The molecule has 0 saturated heterocycles. The summed E-state index contributed by atoms with van der Waals surface area (Å²) in [6, 6.07) is 5.03. The lowest BCUT2D eigenvalue weighted by Crippen LogP contribution is -2.37. The number of aliphatic hydroxyl groups is 1. The highest BCUT2D eigenvalue weighted by Crippen LogP contribution is 2.43. The van der Waals surface area contributed by atoms with Crippen molar-refractivity contribution in [1.29, 1.82) is 0 Å². The number of hydrogen-bond acceptors (Lipinski definition) is 1. The van der Waals surface area contributed by atoms with E-state index < -0.39 is 5.60 Å². The molecule has 2 heteroatoms. The molecule has 0 aromatic heterocycles. The second kappa shape index (κ2) is 4.77. The van der Waals surface area contributed by atoms with E-state index >= 15 is 0 Å². The lowest BCUT2D eigenvalue weighted by Gasteiger charge is -2.40. The molecule has 17 heavy (non-hydrogen) atoms. The van der Waals surface area contributed by atoms with E-state index in [2.05, 4.69) is 6.92 Å². The zero-order valence-electron chi connectivity index (χ0n) is 10.7. The molecule has 1 N–H and O–H groups in total. The summed E-state index contributed by atoms with van der Waals surface area (Å²) in [6.45, 7) is 3.88. The van der Waals surface area contributed by atoms with Gasteiger partial charge in [-0.15, -0.1) is 0 Å². The van der Waals surface area contributed by atoms with Gasteiger partial charge in [0.2, 0.25) is 0 Å². The van der Waals surface area contributed by atoms with Gasteiger partial charge in [-0.2, -0.15) is 0 Å². The maximum absolute atomic E-state index is 13.3. The van der Waals surface area contributed by atoms with Gasteiger partial charge in [-0.1, -0.05) is 38.3 Å². The molecule has 0 aliphatic heterocycles. The number of hydrogen-bond donors (Lipinski definition) is 1. The van der Waals surface area contributed by atoms with Gasteiger partial charge in [-0.05, 0) is 42.9 Å². The van der Waals surface area contributed by atoms with Crippen molar-refractivity contribution < 1.29 is 9.50 Å². The molecule has 1 aromatic carbocycles. The van der Waals surface area contributed by atoms with Gasteiger partial charge in [-0.25, -0.2) is 4.39 Å². The van der Waals surface area contributed by atoms with Gasteiger partial charge < -0.3 is 5.11 Å². The van der Waals surface area contributed by atoms with Crippen LogP contribution in [-0.2, 0) is 5.60 Å². The van der Waals surface area contributed by atoms with Gasteiger partial charge in [0.25, 0.3) is 0 Å². The topological polar surface area (TPSA) is 20.2 Å². The molecule has 1 aliphatic carbocycles. The summed E-state index contributed by atoms with van der Waals surface area (Å²) < 4.78 is 13.3. The molecule has 0 bridgehead atoms. The van der Waals surface area contributed by atoms with Crippen LogP contribution < -0.4 is 0 Å². The molecule has 0 amide bonds. The third kappa shape index (κ3) is 2.23. The highest BCUT2D eigenvalue weighted by molar-refractivity contribution is 5.29. The second-order valence-electron chi connectivity index (χ2n) is 5.24. The maximum Gasteiger partial charge on any atom is 0.126 e. The van der Waals surface area contributed by atoms with Crippen LogP contribution in [0, 0.1) is 18.7 Å². The Balaban J connectivity index is 2.37. The molecular formula is C15H21FO. The molecule has 1 nitrogen and oxygen atoms in total. The van der Waals surface area contributed by atoms with Crippen molar-refractivity contribution in [2.45, 2.75) is 51.6 Å². The van der Waals surface area contributed by atoms with Gasteiger partial charge in [0.15, 0.2) is 0 Å². The van der Waals surface area contributed by atoms with Crippen LogP contribution in [0.2, 0.25) is 0 Å². The van der Waals surface area contributed by atoms with Crippen molar-refractivity contribution in [1.82, 2.24) is 0 Å². The molecule has 2 rings (SSSR count). The van der Waals surface area contributed by atoms with Gasteiger partial charge in [0.1, 0.15) is 5.82 Å². The Morgan fingerprint density at radius 1 is 1.41 bits per heavy atom. The van der Waals surface area contributed by atoms with Crippen LogP contribution in [-0.4, -0.2) is 5.11 Å². The van der Waals surface area contributed by atoms with Crippen LogP contribution >= 0.6 is 0 Å². The number of benzene rings is 1. The zero-order valence-corrected chi connectivity index (χ0v) is 10.7. The summed E-state index contributed by atoms with van der Waals surface area (Å²) in [6.07, 6.45) is 5.11. The molecule has 2 atom stereocenters. The Hall–Kier alpha value is -0.890. The van der Waals surface area contributed by atoms with Gasteiger partial charge in [0, 0.05) is 0 Å². The molecule has 0 spiro atoms. The maximum atomic E-state index is 13.3. The van der Waals surface area contributed by atoms with Crippen molar-refractivity contribution >= 4 is 0 Å². The number of rotatable bonds is 2. The summed E-state index contributed by atoms with van der Waals surface area (Å²) in [5, 5.41) is 10.9. The minimum Gasteiger partial charge on any atom is -0.385 e. The summed E-state index contributed by atoms with van der Waals surface area (Å²) in [5.41, 5.74) is 0.769. The van der Waals surface area contributed by atoms with Gasteiger partial charge in [-0.3, -0.25) is 0 Å². The summed E-state index contributed by atoms with van der Waals surface area (Å²) in [5.74, 6) is 0.113. The fourth-order valence-electron chi connectivity index (χ4n) is 3.06. The Bertz CT molecular complexity index is 402. The van der Waals surface area contributed by atoms with Crippen molar-refractivity contribution in [3.8, 4) is 0 Å². The van der Waals surface area contributed by atoms with E-state index in [4.69, 9.17) is 0 Å². The molecule has 0 heterocycles. The molecule has 1 fully saturated rings. The second-order valence-corrected chi connectivity index (χ2v) is 5.24. The molecule has 94 valence electrons. The largest absolute Gasteiger partial charge is 0.385 e. The minimum absolute atomic E-state index is 0.193. The Morgan fingerprint density at radius 2 is 2.18 bits per heavy atom. The third-order valence-corrected chi connectivity index (χ3v) is 4.19. The molecule has 0 radical (unpaired) electrons. The summed E-state index contributed by atoms with van der Waals surface area (Å²) >= 11 is 0. The molecule has 2 unspecified atom stereocenters. The quantitative estimate of drug-likeness (QED) is 0.825. The fraction of sp³-hybridized carbons (Fsp3) is 0.600. The number of halogens is 1. The van der Waals surface area contributed by atoms with Crippen molar-refractivity contribution in [2.24, 2.45) is 5.92 Å². The first-order valence-electron chi connectivity index (χ1n) is 6.57. The first-order valence-corrected chi connectivity index (χ1v) is 6.57. The predicted molar refractivity (Wildman–Crippen MR) is 67.3 cm³/mol. The SMILES string of the molecule is CCC1CCCCC1(O)c1ccc(F)c(C)c1. The highest BCUT2D eigenvalue weighted by Gasteiger charge is 2.39. The van der Waals surface area contributed by atoms with Crippen LogP contribution in [0.4, 0.5) is 4.39 Å². The van der Waals surface area contributed by atoms with E-state index in [9.17, 15) is 9.50 Å². The lowest BCUT2D eigenvalue weighted by atomic mass is 9.70. The van der Waals surface area contributed by atoms with Crippen LogP contribution in [0.15, 0.2) is 18.2 Å². The van der Waals surface area contributed by atoms with Crippen molar-refractivity contribution in [3.63, 3.8) is 0 Å². The third-order valence-electron chi connectivity index (χ3n) is 4.19. The highest BCUT2D eigenvalue weighted by atomic mass is 19.1. The first-order chi connectivity index (χ1) is 8.08. The van der Waals surface area contributed by atoms with E-state index in [1.54, 1.807) is 13.0 Å². The van der Waals surface area contributed by atoms with E-state index in [0.29, 0.717) is 11.5 Å². The van der Waals surface area contributed by atoms with Crippen molar-refractivity contribution in [2.75, 3.05) is 0 Å². The molecular weight excluding hydrogens is 215 g/mol. The lowest BCUT2D eigenvalue weighted by molar-refractivity contribution is -0.0558. The first kappa shape index (κ1) is 12.6. The van der Waals surface area contributed by atoms with Crippen molar-refractivity contribution in [3.05, 3.63) is 35.1 Å². The average Bonchev–Trinajstić information content (AvgIpc) is 2.33. The zero-order chi connectivity index (χ0) is 12.5. The van der Waals surface area contributed by atoms with Crippen LogP contribution in [0.1, 0.15) is 50.2 Å². The van der Waals surface area contributed by atoms with Gasteiger partial charge in [0.05, 0.1) is 5.60 Å². The monoisotopic (exact) mass is 236 g/mol.